The van der Waals surface area contributed by atoms with Crippen molar-refractivity contribution < 1.29 is 4.79 Å². The van der Waals surface area contributed by atoms with Gasteiger partial charge in [-0.05, 0) is 18.9 Å². The lowest BCUT2D eigenvalue weighted by Gasteiger charge is -2.23. The SMILES string of the molecule is Cc1nn(C)c2c1NC(=O)CCC(c1ccccc1)N2. The minimum Gasteiger partial charge on any atom is -0.362 e. The van der Waals surface area contributed by atoms with Gasteiger partial charge in [-0.3, -0.25) is 9.48 Å². The number of aryl methyl sites for hydroxylation is 2. The number of hydrogen-bond acceptors (Lipinski definition) is 3. The number of fused-ring (bicyclic) bond motifs is 1. The number of carbonyl (C=O) groups excluding carboxylic acids is 1. The van der Waals surface area contributed by atoms with E-state index in [4.69, 9.17) is 0 Å². The summed E-state index contributed by atoms with van der Waals surface area (Å²) in [7, 11) is 1.88. The molecule has 1 atom stereocenters. The van der Waals surface area contributed by atoms with Crippen LogP contribution in [0.3, 0.4) is 0 Å². The smallest absolute Gasteiger partial charge is 0.224 e. The number of carbonyl (C=O) groups is 1. The monoisotopic (exact) mass is 270 g/mol. The lowest BCUT2D eigenvalue weighted by Crippen LogP contribution is -2.22. The minimum atomic E-state index is 0.0461. The predicted molar refractivity (Wildman–Crippen MR) is 78.6 cm³/mol. The molecule has 5 nitrogen and oxygen atoms in total. The molecule has 1 unspecified atom stereocenters. The first-order chi connectivity index (χ1) is 9.65. The van der Waals surface area contributed by atoms with E-state index in [-0.39, 0.29) is 11.9 Å². The summed E-state index contributed by atoms with van der Waals surface area (Å²) in [5.74, 6) is 0.911. The number of hydrogen-bond donors (Lipinski definition) is 2. The average molecular weight is 270 g/mol. The van der Waals surface area contributed by atoms with Gasteiger partial charge in [0.05, 0.1) is 11.7 Å². The Morgan fingerprint density at radius 2 is 2.05 bits per heavy atom. The van der Waals surface area contributed by atoms with Gasteiger partial charge in [0.25, 0.3) is 0 Å². The molecular weight excluding hydrogens is 252 g/mol. The lowest BCUT2D eigenvalue weighted by atomic mass is 10.0. The minimum absolute atomic E-state index is 0.0461. The molecule has 0 saturated carbocycles. The third-order valence-corrected chi connectivity index (χ3v) is 3.66. The second-order valence-corrected chi connectivity index (χ2v) is 5.13. The molecule has 0 saturated heterocycles. The first-order valence-electron chi connectivity index (χ1n) is 6.80. The molecule has 2 aromatic rings. The van der Waals surface area contributed by atoms with Crippen molar-refractivity contribution >= 4 is 17.4 Å². The summed E-state index contributed by atoms with van der Waals surface area (Å²) in [5.41, 5.74) is 2.81. The third kappa shape index (κ3) is 2.27. The standard InChI is InChI=1S/C15H18N4O/c1-10-14-15(19(2)18-10)16-12(8-9-13(20)17-14)11-6-4-3-5-7-11/h3-7,12,16H,8-9H2,1-2H3,(H,17,20). The maximum absolute atomic E-state index is 12.0. The predicted octanol–water partition coefficient (Wildman–Crippen LogP) is 2.61. The second kappa shape index (κ2) is 5.00. The molecule has 0 radical (unpaired) electrons. The fourth-order valence-electron chi connectivity index (χ4n) is 2.62. The van der Waals surface area contributed by atoms with Crippen LogP contribution >= 0.6 is 0 Å². The number of aromatic nitrogens is 2. The van der Waals surface area contributed by atoms with E-state index in [1.807, 2.05) is 32.2 Å². The van der Waals surface area contributed by atoms with E-state index in [0.29, 0.717) is 6.42 Å². The zero-order valence-electron chi connectivity index (χ0n) is 11.7. The molecule has 1 amide bonds. The first-order valence-corrected chi connectivity index (χ1v) is 6.80. The molecule has 2 N–H and O–H groups in total. The van der Waals surface area contributed by atoms with E-state index >= 15 is 0 Å². The van der Waals surface area contributed by atoms with Crippen LogP contribution in [0.5, 0.6) is 0 Å². The largest absolute Gasteiger partial charge is 0.362 e. The molecule has 5 heteroatoms. The Bertz CT molecular complexity index is 633. The fourth-order valence-corrected chi connectivity index (χ4v) is 2.62. The Morgan fingerprint density at radius 1 is 1.30 bits per heavy atom. The highest BCUT2D eigenvalue weighted by Crippen LogP contribution is 2.33. The van der Waals surface area contributed by atoms with Crippen molar-refractivity contribution in [1.82, 2.24) is 9.78 Å². The van der Waals surface area contributed by atoms with Crippen LogP contribution in [0, 0.1) is 6.92 Å². The number of amides is 1. The van der Waals surface area contributed by atoms with Gasteiger partial charge < -0.3 is 10.6 Å². The van der Waals surface area contributed by atoms with Crippen molar-refractivity contribution in [3.05, 3.63) is 41.6 Å². The summed E-state index contributed by atoms with van der Waals surface area (Å²) < 4.78 is 1.78. The van der Waals surface area contributed by atoms with E-state index < -0.39 is 0 Å². The van der Waals surface area contributed by atoms with E-state index in [1.54, 1.807) is 4.68 Å². The molecule has 2 heterocycles. The Hall–Kier alpha value is -2.30. The number of anilines is 2. The van der Waals surface area contributed by atoms with Crippen LogP contribution in [0.25, 0.3) is 0 Å². The van der Waals surface area contributed by atoms with Crippen molar-refractivity contribution in [1.29, 1.82) is 0 Å². The van der Waals surface area contributed by atoms with Crippen LogP contribution in [-0.2, 0) is 11.8 Å². The van der Waals surface area contributed by atoms with Gasteiger partial charge in [0.15, 0.2) is 0 Å². The molecule has 1 aromatic heterocycles. The topological polar surface area (TPSA) is 59.0 Å². The zero-order chi connectivity index (χ0) is 14.1. The Kier molecular flexibility index (Phi) is 3.18. The Morgan fingerprint density at radius 3 is 2.80 bits per heavy atom. The van der Waals surface area contributed by atoms with Crippen molar-refractivity contribution in [3.63, 3.8) is 0 Å². The van der Waals surface area contributed by atoms with E-state index in [9.17, 15) is 4.79 Å². The third-order valence-electron chi connectivity index (χ3n) is 3.66. The molecule has 104 valence electrons. The summed E-state index contributed by atoms with van der Waals surface area (Å²) in [6, 6.07) is 10.3. The second-order valence-electron chi connectivity index (χ2n) is 5.13. The van der Waals surface area contributed by atoms with Gasteiger partial charge in [-0.2, -0.15) is 5.10 Å². The van der Waals surface area contributed by atoms with Crippen LogP contribution in [0.1, 0.15) is 30.1 Å². The van der Waals surface area contributed by atoms with Gasteiger partial charge in [0, 0.05) is 13.5 Å². The molecule has 0 spiro atoms. The zero-order valence-corrected chi connectivity index (χ0v) is 11.7. The summed E-state index contributed by atoms with van der Waals surface area (Å²) >= 11 is 0. The molecule has 1 aliphatic rings. The first kappa shape index (κ1) is 12.7. The number of nitrogens with zero attached hydrogens (tertiary/aromatic N) is 2. The molecule has 1 aliphatic heterocycles. The molecule has 1 aromatic carbocycles. The molecule has 3 rings (SSSR count). The van der Waals surface area contributed by atoms with Gasteiger partial charge in [0.2, 0.25) is 5.91 Å². The molecular formula is C15H18N4O. The highest BCUT2D eigenvalue weighted by molar-refractivity contribution is 5.95. The summed E-state index contributed by atoms with van der Waals surface area (Å²) in [6.07, 6.45) is 1.26. The summed E-state index contributed by atoms with van der Waals surface area (Å²) in [4.78, 5) is 12.0. The van der Waals surface area contributed by atoms with Crippen molar-refractivity contribution in [2.45, 2.75) is 25.8 Å². The van der Waals surface area contributed by atoms with Crippen molar-refractivity contribution in [2.24, 2.45) is 7.05 Å². The number of rotatable bonds is 1. The number of nitrogens with one attached hydrogen (secondary N) is 2. The molecule has 0 fully saturated rings. The van der Waals surface area contributed by atoms with Crippen molar-refractivity contribution in [3.8, 4) is 0 Å². The molecule has 0 aliphatic carbocycles. The maximum Gasteiger partial charge on any atom is 0.224 e. The van der Waals surface area contributed by atoms with Crippen LogP contribution < -0.4 is 10.6 Å². The maximum atomic E-state index is 12.0. The van der Waals surface area contributed by atoms with E-state index in [2.05, 4.69) is 27.9 Å². The van der Waals surface area contributed by atoms with Crippen LogP contribution in [-0.4, -0.2) is 15.7 Å². The van der Waals surface area contributed by atoms with Gasteiger partial charge in [0.1, 0.15) is 11.5 Å². The van der Waals surface area contributed by atoms with Crippen LogP contribution in [0.15, 0.2) is 30.3 Å². The summed E-state index contributed by atoms with van der Waals surface area (Å²) in [5, 5.41) is 10.8. The highest BCUT2D eigenvalue weighted by Gasteiger charge is 2.23. The van der Waals surface area contributed by atoms with Crippen LogP contribution in [0.2, 0.25) is 0 Å². The Labute approximate surface area is 118 Å². The van der Waals surface area contributed by atoms with Gasteiger partial charge in [-0.15, -0.1) is 0 Å². The van der Waals surface area contributed by atoms with Gasteiger partial charge in [-0.1, -0.05) is 30.3 Å². The van der Waals surface area contributed by atoms with Gasteiger partial charge in [-0.25, -0.2) is 0 Å². The quantitative estimate of drug-likeness (QED) is 0.837. The molecule has 20 heavy (non-hydrogen) atoms. The van der Waals surface area contributed by atoms with E-state index in [0.717, 1.165) is 23.6 Å². The van der Waals surface area contributed by atoms with Crippen LogP contribution in [0.4, 0.5) is 11.5 Å². The average Bonchev–Trinajstić information content (AvgIpc) is 2.67. The van der Waals surface area contributed by atoms with Crippen molar-refractivity contribution in [2.75, 3.05) is 10.6 Å². The normalized spacial score (nSPS) is 18.5. The highest BCUT2D eigenvalue weighted by atomic mass is 16.1. The van der Waals surface area contributed by atoms with Gasteiger partial charge >= 0.3 is 0 Å². The molecule has 0 bridgehead atoms. The van der Waals surface area contributed by atoms with E-state index in [1.165, 1.54) is 5.56 Å². The fraction of sp³-hybridized carbons (Fsp3) is 0.333. The lowest BCUT2D eigenvalue weighted by molar-refractivity contribution is -0.116. The number of benzene rings is 1. The Balaban J connectivity index is 2.01. The summed E-state index contributed by atoms with van der Waals surface area (Å²) in [6.45, 7) is 1.90.